The fraction of sp³-hybridized carbons (Fsp3) is 0. The molecule has 0 atom stereocenters. The quantitative estimate of drug-likeness (QED) is 0.364. The van der Waals surface area contributed by atoms with Crippen LogP contribution in [0.15, 0.2) is 47.7 Å². The van der Waals surface area contributed by atoms with E-state index in [1.54, 1.807) is 0 Å². The van der Waals surface area contributed by atoms with Crippen LogP contribution in [-0.2, 0) is 17.1 Å². The van der Waals surface area contributed by atoms with Crippen LogP contribution in [0, 0.1) is 0 Å². The van der Waals surface area contributed by atoms with E-state index >= 15 is 0 Å². The number of para-hydroxylation sites is 1. The summed E-state index contributed by atoms with van der Waals surface area (Å²) in [6.07, 6.45) is 1.81. The number of hydrogen-bond donors (Lipinski definition) is 2. The molecule has 1 aromatic carbocycles. The number of thiocarbonyl (C=S) groups is 1. The van der Waals surface area contributed by atoms with Gasteiger partial charge in [0.25, 0.3) is 0 Å². The Morgan fingerprint density at radius 3 is 2.47 bits per heavy atom. The molecule has 0 spiro atoms. The summed E-state index contributed by atoms with van der Waals surface area (Å²) in [5.74, 6) is 0. The summed E-state index contributed by atoms with van der Waals surface area (Å²) in [6.45, 7) is 3.07. The monoisotopic (exact) mass is 295 g/mol. The van der Waals surface area contributed by atoms with Crippen molar-refractivity contribution in [3.8, 4) is 0 Å². The summed E-state index contributed by atoms with van der Waals surface area (Å²) in [5, 5.41) is 4.51. The molecule has 2 aromatic rings. The molecule has 2 rings (SSSR count). The zero-order valence-corrected chi connectivity index (χ0v) is 10.7. The molecule has 1 radical (unpaired) electrons. The Morgan fingerprint density at radius 1 is 1.29 bits per heavy atom. The van der Waals surface area contributed by atoms with Crippen LogP contribution in [0.25, 0.3) is 10.9 Å². The van der Waals surface area contributed by atoms with Crippen LogP contribution in [0.2, 0.25) is 0 Å². The molecule has 93 valence electrons. The maximum Gasteiger partial charge on any atom is 0.184 e. The molecule has 0 aliphatic carbocycles. The number of hydrazone groups is 1. The van der Waals surface area contributed by atoms with Gasteiger partial charge in [0.05, 0.1) is 5.52 Å². The van der Waals surface area contributed by atoms with Gasteiger partial charge in [0.1, 0.15) is 0 Å². The average molecular weight is 296 g/mol. The van der Waals surface area contributed by atoms with Crippen LogP contribution in [0.4, 0.5) is 0 Å². The van der Waals surface area contributed by atoms with Gasteiger partial charge >= 0.3 is 0 Å². The van der Waals surface area contributed by atoms with Gasteiger partial charge in [0.15, 0.2) is 5.11 Å². The minimum atomic E-state index is 0. The Bertz CT molecular complexity index is 424. The molecular weight excluding hydrogens is 284 g/mol. The van der Waals surface area contributed by atoms with Gasteiger partial charge in [-0.25, -0.2) is 0 Å². The van der Waals surface area contributed by atoms with Crippen LogP contribution in [-0.4, -0.2) is 16.8 Å². The van der Waals surface area contributed by atoms with Crippen LogP contribution in [0.5, 0.6) is 0 Å². The van der Waals surface area contributed by atoms with Gasteiger partial charge in [-0.1, -0.05) is 24.3 Å². The van der Waals surface area contributed by atoms with Crippen molar-refractivity contribution in [2.45, 2.75) is 0 Å². The molecule has 6 heteroatoms. The largest absolute Gasteiger partial charge is 0.375 e. The Balaban J connectivity index is 0.000000324. The van der Waals surface area contributed by atoms with Crippen LogP contribution in [0.1, 0.15) is 0 Å². The molecule has 0 bridgehead atoms. The first-order valence-electron chi connectivity index (χ1n) is 4.55. The third kappa shape index (κ3) is 5.97. The maximum atomic E-state index is 4.89. The number of benzene rings is 1. The van der Waals surface area contributed by atoms with E-state index in [1.807, 2.05) is 30.5 Å². The first-order valence-corrected chi connectivity index (χ1v) is 4.96. The van der Waals surface area contributed by atoms with Crippen LogP contribution >= 0.6 is 12.2 Å². The van der Waals surface area contributed by atoms with Gasteiger partial charge in [-0.05, 0) is 24.4 Å². The number of nitrogens with zero attached hydrogens (tertiary/aromatic N) is 2. The summed E-state index contributed by atoms with van der Waals surface area (Å²) in [7, 11) is 0. The van der Waals surface area contributed by atoms with Gasteiger partial charge < -0.3 is 5.73 Å². The molecular formula is C11H12CuN4S. The fourth-order valence-electron chi connectivity index (χ4n) is 1.09. The number of hydrogen-bond acceptors (Lipinski definition) is 3. The van der Waals surface area contributed by atoms with Crippen LogP contribution < -0.4 is 11.2 Å². The Kier molecular flexibility index (Phi) is 7.88. The molecule has 4 nitrogen and oxygen atoms in total. The molecule has 0 saturated heterocycles. The smallest absolute Gasteiger partial charge is 0.184 e. The van der Waals surface area contributed by atoms with E-state index in [1.165, 1.54) is 5.39 Å². The summed E-state index contributed by atoms with van der Waals surface area (Å²) in [6, 6.07) is 12.1. The number of rotatable bonds is 1. The van der Waals surface area contributed by atoms with Crippen molar-refractivity contribution in [3.05, 3.63) is 42.6 Å². The maximum absolute atomic E-state index is 4.89. The Morgan fingerprint density at radius 2 is 1.94 bits per heavy atom. The predicted molar refractivity (Wildman–Crippen MR) is 71.2 cm³/mol. The van der Waals surface area contributed by atoms with Crippen molar-refractivity contribution in [3.63, 3.8) is 0 Å². The molecule has 17 heavy (non-hydrogen) atoms. The summed E-state index contributed by atoms with van der Waals surface area (Å²) < 4.78 is 0. The third-order valence-corrected chi connectivity index (χ3v) is 1.79. The van der Waals surface area contributed by atoms with Gasteiger partial charge in [0.2, 0.25) is 0 Å². The van der Waals surface area contributed by atoms with Gasteiger partial charge in [-0.15, -0.1) is 0 Å². The summed E-state index contributed by atoms with van der Waals surface area (Å²) in [4.78, 5) is 4.18. The SMILES string of the molecule is C=NNC(N)=S.[Cu].c1ccc2ncccc2c1. The van der Waals surface area contributed by atoms with Crippen molar-refractivity contribution in [2.24, 2.45) is 10.8 Å². The second-order valence-corrected chi connectivity index (χ2v) is 3.27. The van der Waals surface area contributed by atoms with E-state index in [0.29, 0.717) is 0 Å². The molecule has 1 heterocycles. The minimum Gasteiger partial charge on any atom is -0.375 e. The van der Waals surface area contributed by atoms with E-state index in [-0.39, 0.29) is 22.2 Å². The zero-order chi connectivity index (χ0) is 11.8. The van der Waals surface area contributed by atoms with E-state index in [9.17, 15) is 0 Å². The van der Waals surface area contributed by atoms with Crippen molar-refractivity contribution in [2.75, 3.05) is 0 Å². The number of pyridine rings is 1. The van der Waals surface area contributed by atoms with Gasteiger partial charge in [0, 0.05) is 35.4 Å². The Labute approximate surface area is 116 Å². The van der Waals surface area contributed by atoms with Crippen LogP contribution in [0.3, 0.4) is 0 Å². The number of aromatic nitrogens is 1. The van der Waals surface area contributed by atoms with Crippen molar-refractivity contribution in [1.82, 2.24) is 10.4 Å². The number of nitrogens with two attached hydrogens (primary N) is 1. The normalized spacial score (nSPS) is 8.24. The zero-order valence-electron chi connectivity index (χ0n) is 8.93. The molecule has 0 saturated carbocycles. The third-order valence-electron chi connectivity index (χ3n) is 1.70. The van der Waals surface area contributed by atoms with Crippen molar-refractivity contribution < 1.29 is 17.1 Å². The molecule has 0 aliphatic rings. The van der Waals surface area contributed by atoms with E-state index in [0.717, 1.165) is 5.52 Å². The molecule has 0 fully saturated rings. The topological polar surface area (TPSA) is 63.3 Å². The van der Waals surface area contributed by atoms with E-state index in [2.05, 4.69) is 46.6 Å². The van der Waals surface area contributed by atoms with E-state index < -0.39 is 0 Å². The van der Waals surface area contributed by atoms with E-state index in [4.69, 9.17) is 5.73 Å². The standard InChI is InChI=1S/C9H7N.C2H5N3S.Cu/c1-2-6-9-8(4-1)5-3-7-10-9;1-4-5-2(3)6;/h1-7H;1H2,(H3,3,5,6);. The molecule has 0 amide bonds. The van der Waals surface area contributed by atoms with Crippen molar-refractivity contribution >= 4 is 35.0 Å². The first-order chi connectivity index (χ1) is 7.74. The second kappa shape index (κ2) is 8.64. The molecule has 1 aromatic heterocycles. The summed E-state index contributed by atoms with van der Waals surface area (Å²) in [5.41, 5.74) is 8.18. The molecule has 0 aliphatic heterocycles. The minimum absolute atomic E-state index is 0. The molecule has 3 N–H and O–H groups in total. The second-order valence-electron chi connectivity index (χ2n) is 2.83. The predicted octanol–water partition coefficient (Wildman–Crippen LogP) is 1.67. The first kappa shape index (κ1) is 15.5. The number of fused-ring (bicyclic) bond motifs is 1. The van der Waals surface area contributed by atoms with Crippen molar-refractivity contribution in [1.29, 1.82) is 0 Å². The van der Waals surface area contributed by atoms with Gasteiger partial charge in [-0.2, -0.15) is 5.10 Å². The summed E-state index contributed by atoms with van der Waals surface area (Å²) >= 11 is 4.33. The Hall–Kier alpha value is -1.49. The average Bonchev–Trinajstić information content (AvgIpc) is 2.30. The fourth-order valence-corrected chi connectivity index (χ4v) is 1.16. The molecule has 0 unspecified atom stereocenters. The van der Waals surface area contributed by atoms with Gasteiger partial charge in [-0.3, -0.25) is 10.4 Å². The number of nitrogens with one attached hydrogen (secondary N) is 1.